The van der Waals surface area contributed by atoms with Gasteiger partial charge in [-0.15, -0.1) is 0 Å². The summed E-state index contributed by atoms with van der Waals surface area (Å²) in [6, 6.07) is 23.6. The van der Waals surface area contributed by atoms with Crippen molar-refractivity contribution in [2.45, 2.75) is 44.9 Å². The summed E-state index contributed by atoms with van der Waals surface area (Å²) in [5.41, 5.74) is 4.62. The van der Waals surface area contributed by atoms with Gasteiger partial charge in [0.25, 0.3) is 15.9 Å². The number of anilines is 2. The van der Waals surface area contributed by atoms with Gasteiger partial charge in [-0.05, 0) is 72.4 Å². The highest BCUT2D eigenvalue weighted by Crippen LogP contribution is 2.28. The van der Waals surface area contributed by atoms with Crippen LogP contribution < -0.4 is 10.0 Å². The normalized spacial score (nSPS) is 11.7. The van der Waals surface area contributed by atoms with E-state index in [0.29, 0.717) is 22.5 Å². The largest absolute Gasteiger partial charge is 0.322 e. The van der Waals surface area contributed by atoms with Crippen molar-refractivity contribution in [2.24, 2.45) is 0 Å². The average Bonchev–Trinajstić information content (AvgIpc) is 2.90. The first kappa shape index (κ1) is 29.1. The zero-order chi connectivity index (χ0) is 29.2. The van der Waals surface area contributed by atoms with E-state index >= 15 is 0 Å². The van der Waals surface area contributed by atoms with Crippen molar-refractivity contribution in [1.29, 1.82) is 0 Å². The first-order valence-corrected chi connectivity index (χ1v) is 14.6. The second-order valence-corrected chi connectivity index (χ2v) is 12.8. The highest BCUT2D eigenvalue weighted by molar-refractivity contribution is 7.92. The molecule has 8 heteroatoms. The first-order chi connectivity index (χ1) is 18.7. The maximum atomic E-state index is 13.2. The number of carbonyl (C=O) groups is 2. The summed E-state index contributed by atoms with van der Waals surface area (Å²) < 4.78 is 28.9. The van der Waals surface area contributed by atoms with Crippen LogP contribution in [0, 0.1) is 13.8 Å². The summed E-state index contributed by atoms with van der Waals surface area (Å²) in [7, 11) is -4.08. The molecule has 4 rings (SSSR count). The zero-order valence-electron chi connectivity index (χ0n) is 23.0. The lowest BCUT2D eigenvalue weighted by Gasteiger charge is -2.19. The molecular weight excluding hydrogens is 544 g/mol. The van der Waals surface area contributed by atoms with Crippen molar-refractivity contribution in [3.05, 3.63) is 123 Å². The Labute approximate surface area is 240 Å². The van der Waals surface area contributed by atoms with Crippen LogP contribution in [-0.2, 0) is 15.4 Å². The minimum absolute atomic E-state index is 0.0144. The summed E-state index contributed by atoms with van der Waals surface area (Å²) in [4.78, 5) is 26.0. The average molecular weight is 575 g/mol. The van der Waals surface area contributed by atoms with Crippen molar-refractivity contribution in [2.75, 3.05) is 10.0 Å². The van der Waals surface area contributed by atoms with Crippen molar-refractivity contribution in [1.82, 2.24) is 0 Å². The van der Waals surface area contributed by atoms with Gasteiger partial charge in [-0.2, -0.15) is 0 Å². The molecule has 6 nitrogen and oxygen atoms in total. The summed E-state index contributed by atoms with van der Waals surface area (Å²) >= 11 is 6.24. The Morgan fingerprint density at radius 3 is 2.12 bits per heavy atom. The predicted octanol–water partition coefficient (Wildman–Crippen LogP) is 7.54. The molecule has 40 heavy (non-hydrogen) atoms. The molecule has 0 aliphatic heterocycles. The smallest absolute Gasteiger partial charge is 0.263 e. The van der Waals surface area contributed by atoms with E-state index < -0.39 is 15.9 Å². The molecule has 2 N–H and O–H groups in total. The number of hydrogen-bond donors (Lipinski definition) is 2. The highest BCUT2D eigenvalue weighted by Gasteiger charge is 2.22. The van der Waals surface area contributed by atoms with Gasteiger partial charge in [0, 0.05) is 22.4 Å². The lowest BCUT2D eigenvalue weighted by atomic mass is 9.86. The molecular formula is C32H31ClN2O4S. The summed E-state index contributed by atoms with van der Waals surface area (Å²) in [6.45, 7) is 9.98. The molecule has 0 aliphatic rings. The van der Waals surface area contributed by atoms with E-state index in [1.807, 2.05) is 31.2 Å². The third-order valence-electron chi connectivity index (χ3n) is 6.52. The van der Waals surface area contributed by atoms with E-state index in [1.165, 1.54) is 18.2 Å². The first-order valence-electron chi connectivity index (χ1n) is 12.7. The lowest BCUT2D eigenvalue weighted by molar-refractivity contribution is 0.102. The molecule has 0 saturated carbocycles. The quantitative estimate of drug-likeness (QED) is 0.223. The summed E-state index contributed by atoms with van der Waals surface area (Å²) in [6.07, 6.45) is 0. The van der Waals surface area contributed by atoms with E-state index in [9.17, 15) is 18.0 Å². The van der Waals surface area contributed by atoms with E-state index in [2.05, 4.69) is 30.8 Å². The molecule has 0 saturated heterocycles. The van der Waals surface area contributed by atoms with Crippen LogP contribution >= 0.6 is 11.6 Å². The van der Waals surface area contributed by atoms with Crippen molar-refractivity contribution in [3.8, 4) is 0 Å². The van der Waals surface area contributed by atoms with E-state index in [-0.39, 0.29) is 26.7 Å². The second kappa shape index (κ2) is 11.3. The molecule has 0 bridgehead atoms. The van der Waals surface area contributed by atoms with Gasteiger partial charge in [0.1, 0.15) is 4.90 Å². The molecule has 0 atom stereocenters. The standard InChI is InChI=1S/C32H31ClN2O4S/c1-20-9-10-21(2)28(17-20)35-40(38,39)29-19-24(13-16-27(29)33)31(37)34-26-8-6-7-23(18-26)30(36)22-11-14-25(15-12-22)32(3,4)5/h6-19,35H,1-5H3,(H,34,37). The number of sulfonamides is 1. The maximum Gasteiger partial charge on any atom is 0.263 e. The van der Waals surface area contributed by atoms with Crippen LogP contribution in [0.4, 0.5) is 11.4 Å². The molecule has 4 aromatic carbocycles. The molecule has 0 unspecified atom stereocenters. The fraction of sp³-hybridized carbons (Fsp3) is 0.188. The van der Waals surface area contributed by atoms with E-state index in [4.69, 9.17) is 11.6 Å². The number of nitrogens with one attached hydrogen (secondary N) is 2. The lowest BCUT2D eigenvalue weighted by Crippen LogP contribution is -2.17. The number of halogens is 1. The Morgan fingerprint density at radius 1 is 0.775 bits per heavy atom. The predicted molar refractivity (Wildman–Crippen MR) is 161 cm³/mol. The molecule has 0 fully saturated rings. The van der Waals surface area contributed by atoms with Gasteiger partial charge in [0.05, 0.1) is 10.7 Å². The minimum Gasteiger partial charge on any atom is -0.322 e. The third kappa shape index (κ3) is 6.61. The molecule has 0 aromatic heterocycles. The third-order valence-corrected chi connectivity index (χ3v) is 8.36. The van der Waals surface area contributed by atoms with Crippen LogP contribution in [0.5, 0.6) is 0 Å². The van der Waals surface area contributed by atoms with Gasteiger partial charge >= 0.3 is 0 Å². The van der Waals surface area contributed by atoms with Crippen LogP contribution in [0.3, 0.4) is 0 Å². The number of carbonyl (C=O) groups excluding carboxylic acids is 2. The Bertz CT molecular complexity index is 1710. The van der Waals surface area contributed by atoms with Crippen LogP contribution in [0.15, 0.2) is 89.8 Å². The Morgan fingerprint density at radius 2 is 1.45 bits per heavy atom. The highest BCUT2D eigenvalue weighted by atomic mass is 35.5. The minimum atomic E-state index is -4.08. The van der Waals surface area contributed by atoms with Gasteiger partial charge in [0.2, 0.25) is 0 Å². The van der Waals surface area contributed by atoms with Crippen LogP contribution in [0.2, 0.25) is 5.02 Å². The number of amides is 1. The summed E-state index contributed by atoms with van der Waals surface area (Å²) in [5, 5.41) is 2.73. The number of ketones is 1. The van der Waals surface area contributed by atoms with Crippen LogP contribution in [0.25, 0.3) is 0 Å². The fourth-order valence-electron chi connectivity index (χ4n) is 4.13. The van der Waals surface area contributed by atoms with Crippen molar-refractivity contribution < 1.29 is 18.0 Å². The van der Waals surface area contributed by atoms with Gasteiger partial charge < -0.3 is 5.32 Å². The van der Waals surface area contributed by atoms with E-state index in [0.717, 1.165) is 16.7 Å². The number of hydrogen-bond acceptors (Lipinski definition) is 4. The fourth-order valence-corrected chi connectivity index (χ4v) is 5.77. The van der Waals surface area contributed by atoms with Gasteiger partial charge in [-0.25, -0.2) is 8.42 Å². The monoisotopic (exact) mass is 574 g/mol. The van der Waals surface area contributed by atoms with Crippen molar-refractivity contribution in [3.63, 3.8) is 0 Å². The van der Waals surface area contributed by atoms with Crippen LogP contribution in [0.1, 0.15) is 63.7 Å². The number of benzene rings is 4. The molecule has 4 aromatic rings. The molecule has 206 valence electrons. The zero-order valence-corrected chi connectivity index (χ0v) is 24.6. The Kier molecular flexibility index (Phi) is 8.19. The van der Waals surface area contributed by atoms with Gasteiger partial charge in [-0.1, -0.05) is 80.9 Å². The molecule has 1 amide bonds. The summed E-state index contributed by atoms with van der Waals surface area (Å²) in [5.74, 6) is -0.715. The molecule has 0 aliphatic carbocycles. The number of rotatable bonds is 7. The second-order valence-electron chi connectivity index (χ2n) is 10.8. The SMILES string of the molecule is Cc1ccc(C)c(NS(=O)(=O)c2cc(C(=O)Nc3cccc(C(=O)c4ccc(C(C)(C)C)cc4)c3)ccc2Cl)c1. The molecule has 0 spiro atoms. The number of aryl methyl sites for hydroxylation is 2. The molecule has 0 heterocycles. The Hall–Kier alpha value is -3.94. The molecule has 0 radical (unpaired) electrons. The van der Waals surface area contributed by atoms with Gasteiger partial charge in [-0.3, -0.25) is 14.3 Å². The van der Waals surface area contributed by atoms with E-state index in [1.54, 1.807) is 49.4 Å². The Balaban J connectivity index is 1.55. The van der Waals surface area contributed by atoms with Crippen LogP contribution in [-0.4, -0.2) is 20.1 Å². The maximum absolute atomic E-state index is 13.2. The van der Waals surface area contributed by atoms with Gasteiger partial charge in [0.15, 0.2) is 5.78 Å². The van der Waals surface area contributed by atoms with Crippen molar-refractivity contribution >= 4 is 44.7 Å². The topological polar surface area (TPSA) is 92.3 Å².